The van der Waals surface area contributed by atoms with Crippen molar-refractivity contribution in [2.24, 2.45) is 11.0 Å². The van der Waals surface area contributed by atoms with Gasteiger partial charge in [0.15, 0.2) is 0 Å². The fraction of sp³-hybridized carbons (Fsp3) is 0.421. The highest BCUT2D eigenvalue weighted by Crippen LogP contribution is 2.36. The predicted molar refractivity (Wildman–Crippen MR) is 102 cm³/mol. The van der Waals surface area contributed by atoms with Gasteiger partial charge in [0.05, 0.1) is 6.21 Å². The van der Waals surface area contributed by atoms with Gasteiger partial charge in [-0.15, -0.1) is 5.01 Å². The molecule has 0 bridgehead atoms. The van der Waals surface area contributed by atoms with Gasteiger partial charge < -0.3 is 10.1 Å². The first-order valence-electron chi connectivity index (χ1n) is 8.80. The van der Waals surface area contributed by atoms with E-state index in [1.54, 1.807) is 0 Å². The standard InChI is InChI=1S/C19H20BrN3O3/c1-12-4-6-19(7-5-12)17(24)23(18(25)22-19)21-10-13-8-14-9-15(20)2-3-16(14)26-11-13/h2-3,8-10,12H,4-7,11H2,1H3,(H,22,25). The van der Waals surface area contributed by atoms with Crippen LogP contribution in [0.2, 0.25) is 0 Å². The Labute approximate surface area is 160 Å². The van der Waals surface area contributed by atoms with Crippen LogP contribution in [0.25, 0.3) is 6.08 Å². The number of halogens is 1. The van der Waals surface area contributed by atoms with Gasteiger partial charge in [0.25, 0.3) is 5.91 Å². The third-order valence-corrected chi connectivity index (χ3v) is 5.81. The molecule has 7 heteroatoms. The molecular formula is C19H20BrN3O3. The summed E-state index contributed by atoms with van der Waals surface area (Å²) in [7, 11) is 0. The minimum absolute atomic E-state index is 0.244. The highest BCUT2D eigenvalue weighted by Gasteiger charge is 2.52. The molecule has 1 aromatic carbocycles. The molecule has 4 rings (SSSR count). The Kier molecular flexibility index (Phi) is 4.34. The molecule has 0 radical (unpaired) electrons. The maximum Gasteiger partial charge on any atom is 0.346 e. The van der Waals surface area contributed by atoms with E-state index in [2.05, 4.69) is 33.3 Å². The maximum atomic E-state index is 12.8. The lowest BCUT2D eigenvalue weighted by molar-refractivity contribution is -0.132. The molecule has 26 heavy (non-hydrogen) atoms. The predicted octanol–water partition coefficient (Wildman–Crippen LogP) is 3.71. The van der Waals surface area contributed by atoms with Crippen LogP contribution in [0.1, 0.15) is 38.2 Å². The first kappa shape index (κ1) is 17.3. The van der Waals surface area contributed by atoms with Gasteiger partial charge in [0.2, 0.25) is 0 Å². The van der Waals surface area contributed by atoms with Gasteiger partial charge in [-0.3, -0.25) is 4.79 Å². The van der Waals surface area contributed by atoms with E-state index in [1.165, 1.54) is 6.21 Å². The molecule has 3 aliphatic rings. The third-order valence-electron chi connectivity index (χ3n) is 5.31. The van der Waals surface area contributed by atoms with E-state index < -0.39 is 11.6 Å². The van der Waals surface area contributed by atoms with Gasteiger partial charge in [0.1, 0.15) is 17.9 Å². The van der Waals surface area contributed by atoms with Crippen LogP contribution in [0.4, 0.5) is 4.79 Å². The van der Waals surface area contributed by atoms with Crippen molar-refractivity contribution in [3.05, 3.63) is 33.8 Å². The van der Waals surface area contributed by atoms with Crippen LogP contribution in [-0.4, -0.2) is 35.3 Å². The Morgan fingerprint density at radius 1 is 1.35 bits per heavy atom. The molecule has 0 atom stereocenters. The Balaban J connectivity index is 1.52. The van der Waals surface area contributed by atoms with E-state index in [-0.39, 0.29) is 5.91 Å². The number of hydrogen-bond acceptors (Lipinski definition) is 4. The minimum Gasteiger partial charge on any atom is -0.488 e. The average molecular weight is 418 g/mol. The zero-order valence-electron chi connectivity index (χ0n) is 14.5. The summed E-state index contributed by atoms with van der Waals surface area (Å²) in [6.45, 7) is 2.53. The molecule has 2 fully saturated rings. The van der Waals surface area contributed by atoms with Gasteiger partial charge in [0, 0.05) is 15.6 Å². The monoisotopic (exact) mass is 417 g/mol. The molecule has 3 amide bonds. The van der Waals surface area contributed by atoms with Crippen molar-refractivity contribution >= 4 is 40.2 Å². The van der Waals surface area contributed by atoms with E-state index in [0.717, 1.165) is 39.2 Å². The molecule has 136 valence electrons. The second-order valence-electron chi connectivity index (χ2n) is 7.25. The number of amides is 3. The number of rotatable bonds is 2. The van der Waals surface area contributed by atoms with Crippen LogP contribution < -0.4 is 10.1 Å². The summed E-state index contributed by atoms with van der Waals surface area (Å²) in [4.78, 5) is 25.1. The van der Waals surface area contributed by atoms with Gasteiger partial charge in [-0.1, -0.05) is 22.9 Å². The van der Waals surface area contributed by atoms with Gasteiger partial charge in [-0.2, -0.15) is 5.10 Å². The number of benzene rings is 1. The van der Waals surface area contributed by atoms with E-state index in [9.17, 15) is 9.59 Å². The van der Waals surface area contributed by atoms with Gasteiger partial charge in [-0.05, 0) is 55.9 Å². The first-order valence-corrected chi connectivity index (χ1v) is 9.60. The number of nitrogens with one attached hydrogen (secondary N) is 1. The summed E-state index contributed by atoms with van der Waals surface area (Å²) < 4.78 is 6.65. The molecule has 0 unspecified atom stereocenters. The Bertz CT molecular complexity index is 825. The number of urea groups is 1. The fourth-order valence-corrected chi connectivity index (χ4v) is 4.06. The second kappa shape index (κ2) is 6.54. The molecule has 1 N–H and O–H groups in total. The smallest absolute Gasteiger partial charge is 0.346 e. The fourth-order valence-electron chi connectivity index (χ4n) is 3.68. The zero-order chi connectivity index (χ0) is 18.3. The molecule has 1 aliphatic carbocycles. The summed E-state index contributed by atoms with van der Waals surface area (Å²) in [5.41, 5.74) is 0.965. The number of fused-ring (bicyclic) bond motifs is 1. The summed E-state index contributed by atoms with van der Waals surface area (Å²) in [5.74, 6) is 1.15. The number of hydrazone groups is 1. The second-order valence-corrected chi connectivity index (χ2v) is 8.16. The summed E-state index contributed by atoms with van der Waals surface area (Å²) in [5, 5.41) is 7.99. The van der Waals surface area contributed by atoms with Crippen molar-refractivity contribution in [2.75, 3.05) is 6.61 Å². The third kappa shape index (κ3) is 3.05. The van der Waals surface area contributed by atoms with Crippen molar-refractivity contribution in [2.45, 2.75) is 38.1 Å². The zero-order valence-corrected chi connectivity index (χ0v) is 16.1. The maximum absolute atomic E-state index is 12.8. The van der Waals surface area contributed by atoms with E-state index in [1.807, 2.05) is 24.3 Å². The van der Waals surface area contributed by atoms with Crippen LogP contribution in [0.3, 0.4) is 0 Å². The highest BCUT2D eigenvalue weighted by atomic mass is 79.9. The average Bonchev–Trinajstić information content (AvgIpc) is 2.85. The number of ether oxygens (including phenoxy) is 1. The Morgan fingerprint density at radius 2 is 2.12 bits per heavy atom. The molecule has 0 aromatic heterocycles. The van der Waals surface area contributed by atoms with Crippen molar-refractivity contribution in [3.8, 4) is 5.75 Å². The van der Waals surface area contributed by atoms with Gasteiger partial charge in [-0.25, -0.2) is 4.79 Å². The van der Waals surface area contributed by atoms with Crippen molar-refractivity contribution < 1.29 is 14.3 Å². The summed E-state index contributed by atoms with van der Waals surface area (Å²) >= 11 is 3.44. The molecule has 6 nitrogen and oxygen atoms in total. The number of imide groups is 1. The van der Waals surface area contributed by atoms with Crippen LogP contribution >= 0.6 is 15.9 Å². The first-order chi connectivity index (χ1) is 12.5. The van der Waals surface area contributed by atoms with Crippen molar-refractivity contribution in [1.29, 1.82) is 0 Å². The lowest BCUT2D eigenvalue weighted by Crippen LogP contribution is -2.49. The summed E-state index contributed by atoms with van der Waals surface area (Å²) in [6.07, 6.45) is 6.72. The number of hydrogen-bond donors (Lipinski definition) is 1. The molecule has 1 saturated heterocycles. The van der Waals surface area contributed by atoms with Gasteiger partial charge >= 0.3 is 6.03 Å². The molecule has 1 saturated carbocycles. The molecule has 2 aliphatic heterocycles. The SMILES string of the molecule is CC1CCC2(CC1)NC(=O)N(N=CC1=Cc3cc(Br)ccc3OC1)C2=O. The Morgan fingerprint density at radius 3 is 2.88 bits per heavy atom. The lowest BCUT2D eigenvalue weighted by Gasteiger charge is -2.33. The van der Waals surface area contributed by atoms with Crippen molar-refractivity contribution in [3.63, 3.8) is 0 Å². The molecular weight excluding hydrogens is 398 g/mol. The largest absolute Gasteiger partial charge is 0.488 e. The molecule has 1 spiro atoms. The quantitative estimate of drug-likeness (QED) is 0.588. The van der Waals surface area contributed by atoms with E-state index >= 15 is 0 Å². The van der Waals surface area contributed by atoms with E-state index in [0.29, 0.717) is 25.4 Å². The van der Waals surface area contributed by atoms with Crippen molar-refractivity contribution in [1.82, 2.24) is 10.3 Å². The van der Waals surface area contributed by atoms with E-state index in [4.69, 9.17) is 4.74 Å². The lowest BCUT2D eigenvalue weighted by atomic mass is 9.77. The number of carbonyl (C=O) groups excluding carboxylic acids is 2. The van der Waals surface area contributed by atoms with Crippen LogP contribution in [-0.2, 0) is 4.79 Å². The van der Waals surface area contributed by atoms with Crippen LogP contribution in [0, 0.1) is 5.92 Å². The van der Waals surface area contributed by atoms with Crippen LogP contribution in [0.5, 0.6) is 5.75 Å². The number of carbonyl (C=O) groups is 2. The topological polar surface area (TPSA) is 71.0 Å². The summed E-state index contributed by atoms with van der Waals surface area (Å²) in [6, 6.07) is 5.33. The molecule has 1 aromatic rings. The normalized spacial score (nSPS) is 28.2. The van der Waals surface area contributed by atoms with Crippen LogP contribution in [0.15, 0.2) is 33.3 Å². The minimum atomic E-state index is -0.768. The molecule has 2 heterocycles. The number of nitrogens with zero attached hydrogens (tertiary/aromatic N) is 2. The highest BCUT2D eigenvalue weighted by molar-refractivity contribution is 9.10. The Hall–Kier alpha value is -2.15.